The summed E-state index contributed by atoms with van der Waals surface area (Å²) >= 11 is 3.39. The molecule has 0 amide bonds. The number of hydrogen-bond acceptors (Lipinski definition) is 5. The Bertz CT molecular complexity index is 788. The number of nitriles is 1. The molecular weight excluding hydrogens is 300 g/mol. The molecule has 0 unspecified atom stereocenters. The molecule has 21 heavy (non-hydrogen) atoms. The van der Waals surface area contributed by atoms with Crippen LogP contribution in [0.1, 0.15) is 11.1 Å². The largest absolute Gasteiger partial charge is 0.495 e. The lowest BCUT2D eigenvalue weighted by atomic mass is 10.1. The van der Waals surface area contributed by atoms with Gasteiger partial charge in [0.2, 0.25) is 0 Å². The fraction of sp³-hybridized carbons (Fsp3) is 0.125. The first-order chi connectivity index (χ1) is 10.3. The number of benzene rings is 2. The molecule has 5 heteroatoms. The minimum absolute atomic E-state index is 0.569. The Morgan fingerprint density at radius 2 is 2.14 bits per heavy atom. The molecule has 2 aromatic carbocycles. The Kier molecular flexibility index (Phi) is 4.09. The second kappa shape index (κ2) is 6.17. The number of ether oxygens (including phenoxy) is 1. The molecule has 0 aliphatic carbocycles. The van der Waals surface area contributed by atoms with Crippen LogP contribution in [0.4, 0.5) is 0 Å². The number of para-hydroxylation sites is 1. The van der Waals surface area contributed by atoms with Crippen molar-refractivity contribution in [1.29, 1.82) is 5.26 Å². The molecule has 0 fully saturated rings. The van der Waals surface area contributed by atoms with Gasteiger partial charge in [0.15, 0.2) is 4.34 Å². The molecule has 3 aromatic rings. The molecule has 0 aliphatic heterocycles. The van der Waals surface area contributed by atoms with Gasteiger partial charge >= 0.3 is 0 Å². The number of rotatable bonds is 4. The lowest BCUT2D eigenvalue weighted by Gasteiger charge is -2.04. The molecule has 104 valence electrons. The zero-order valence-electron chi connectivity index (χ0n) is 11.4. The van der Waals surface area contributed by atoms with E-state index in [-0.39, 0.29) is 0 Å². The van der Waals surface area contributed by atoms with E-state index in [0.717, 1.165) is 21.2 Å². The summed E-state index contributed by atoms with van der Waals surface area (Å²) in [6.07, 6.45) is 0. The summed E-state index contributed by atoms with van der Waals surface area (Å²) < 4.78 is 7.40. The Morgan fingerprint density at radius 1 is 1.29 bits per heavy atom. The van der Waals surface area contributed by atoms with Gasteiger partial charge in [-0.05, 0) is 29.8 Å². The molecule has 0 spiro atoms. The van der Waals surface area contributed by atoms with E-state index in [2.05, 4.69) is 17.1 Å². The molecule has 0 atom stereocenters. The first kappa shape index (κ1) is 13.9. The maximum Gasteiger partial charge on any atom is 0.151 e. The predicted octanol–water partition coefficient (Wildman–Crippen LogP) is 4.47. The van der Waals surface area contributed by atoms with Crippen molar-refractivity contribution in [2.24, 2.45) is 0 Å². The number of thioether (sulfide) groups is 1. The van der Waals surface area contributed by atoms with Crippen molar-refractivity contribution in [3.8, 4) is 11.8 Å². The molecule has 1 aromatic heterocycles. The highest BCUT2D eigenvalue weighted by molar-refractivity contribution is 8.00. The highest BCUT2D eigenvalue weighted by Crippen LogP contribution is 2.32. The summed E-state index contributed by atoms with van der Waals surface area (Å²) in [6.45, 7) is 0. The van der Waals surface area contributed by atoms with Gasteiger partial charge in [-0.25, -0.2) is 4.98 Å². The van der Waals surface area contributed by atoms with Gasteiger partial charge in [0, 0.05) is 5.75 Å². The van der Waals surface area contributed by atoms with Crippen LogP contribution in [-0.4, -0.2) is 12.1 Å². The number of nitrogens with zero attached hydrogens (tertiary/aromatic N) is 2. The summed E-state index contributed by atoms with van der Waals surface area (Å²) in [7, 11) is 1.58. The number of thiazole rings is 1. The van der Waals surface area contributed by atoms with Crippen LogP contribution in [0.15, 0.2) is 46.8 Å². The molecule has 3 nitrogen and oxygen atoms in total. The van der Waals surface area contributed by atoms with Gasteiger partial charge < -0.3 is 4.74 Å². The lowest BCUT2D eigenvalue weighted by molar-refractivity contribution is 0.413. The maximum absolute atomic E-state index is 9.11. The van der Waals surface area contributed by atoms with Crippen LogP contribution in [0, 0.1) is 11.3 Å². The van der Waals surface area contributed by atoms with Gasteiger partial charge in [-0.3, -0.25) is 0 Å². The molecule has 0 saturated heterocycles. The van der Waals surface area contributed by atoms with Gasteiger partial charge in [0.05, 0.1) is 22.9 Å². The quantitative estimate of drug-likeness (QED) is 0.667. The molecular formula is C16H12N2OS2. The average Bonchev–Trinajstić information content (AvgIpc) is 2.95. The molecule has 0 radical (unpaired) electrons. The predicted molar refractivity (Wildman–Crippen MR) is 86.9 cm³/mol. The third-order valence-corrected chi connectivity index (χ3v) is 5.27. The topological polar surface area (TPSA) is 45.9 Å². The van der Waals surface area contributed by atoms with Crippen LogP contribution in [0.25, 0.3) is 10.2 Å². The molecule has 0 saturated carbocycles. The maximum atomic E-state index is 9.11. The number of aromatic nitrogens is 1. The Balaban J connectivity index is 1.77. The van der Waals surface area contributed by atoms with E-state index in [1.165, 1.54) is 4.70 Å². The van der Waals surface area contributed by atoms with Crippen molar-refractivity contribution < 1.29 is 4.74 Å². The van der Waals surface area contributed by atoms with Crippen molar-refractivity contribution in [3.05, 3.63) is 53.6 Å². The molecule has 0 bridgehead atoms. The van der Waals surface area contributed by atoms with Gasteiger partial charge in [-0.2, -0.15) is 5.26 Å². The van der Waals surface area contributed by atoms with Crippen molar-refractivity contribution in [2.45, 2.75) is 10.1 Å². The summed E-state index contributed by atoms with van der Waals surface area (Å²) in [5.74, 6) is 1.41. The normalized spacial score (nSPS) is 10.5. The number of methoxy groups -OCH3 is 1. The fourth-order valence-electron chi connectivity index (χ4n) is 1.99. The number of fused-ring (bicyclic) bond motifs is 1. The van der Waals surface area contributed by atoms with E-state index in [1.54, 1.807) is 30.2 Å². The minimum atomic E-state index is 0.569. The third kappa shape index (κ3) is 3.02. The Hall–Kier alpha value is -2.03. The average molecular weight is 312 g/mol. The fourth-order valence-corrected chi connectivity index (χ4v) is 4.00. The van der Waals surface area contributed by atoms with Crippen molar-refractivity contribution >= 4 is 33.3 Å². The molecule has 0 N–H and O–H groups in total. The van der Waals surface area contributed by atoms with Crippen LogP contribution in [0.5, 0.6) is 5.75 Å². The second-order valence-corrected chi connectivity index (χ2v) is 6.64. The van der Waals surface area contributed by atoms with E-state index >= 15 is 0 Å². The van der Waals surface area contributed by atoms with Crippen LogP contribution < -0.4 is 4.74 Å². The highest BCUT2D eigenvalue weighted by Gasteiger charge is 2.07. The van der Waals surface area contributed by atoms with Gasteiger partial charge in [-0.15, -0.1) is 11.3 Å². The van der Waals surface area contributed by atoms with Crippen molar-refractivity contribution in [1.82, 2.24) is 4.98 Å². The van der Waals surface area contributed by atoms with Crippen LogP contribution in [0.3, 0.4) is 0 Å². The van der Waals surface area contributed by atoms with Gasteiger partial charge in [0.25, 0.3) is 0 Å². The zero-order chi connectivity index (χ0) is 14.7. The highest BCUT2D eigenvalue weighted by atomic mass is 32.2. The SMILES string of the molecule is COc1ccc(CSc2nc3ccccc3s2)cc1C#N. The Morgan fingerprint density at radius 3 is 2.90 bits per heavy atom. The zero-order valence-corrected chi connectivity index (χ0v) is 13.0. The van der Waals surface area contributed by atoms with E-state index in [0.29, 0.717) is 11.3 Å². The monoisotopic (exact) mass is 312 g/mol. The van der Waals surface area contributed by atoms with Crippen LogP contribution in [-0.2, 0) is 5.75 Å². The van der Waals surface area contributed by atoms with Crippen molar-refractivity contribution in [3.63, 3.8) is 0 Å². The van der Waals surface area contributed by atoms with Gasteiger partial charge in [0.1, 0.15) is 11.8 Å². The standard InChI is InChI=1S/C16H12N2OS2/c1-19-14-7-6-11(8-12(14)9-17)10-20-16-18-13-4-2-3-5-15(13)21-16/h2-8H,10H2,1H3. The molecule has 3 rings (SSSR count). The van der Waals surface area contributed by atoms with E-state index < -0.39 is 0 Å². The molecule has 1 heterocycles. The first-order valence-corrected chi connectivity index (χ1v) is 8.16. The van der Waals surface area contributed by atoms with Crippen molar-refractivity contribution in [2.75, 3.05) is 7.11 Å². The first-order valence-electron chi connectivity index (χ1n) is 6.35. The number of hydrogen-bond donors (Lipinski definition) is 0. The van der Waals surface area contributed by atoms with Gasteiger partial charge in [-0.1, -0.05) is 30.0 Å². The van der Waals surface area contributed by atoms with Crippen LogP contribution >= 0.6 is 23.1 Å². The summed E-state index contributed by atoms with van der Waals surface area (Å²) in [5, 5.41) is 9.11. The van der Waals surface area contributed by atoms with E-state index in [4.69, 9.17) is 10.00 Å². The summed E-state index contributed by atoms with van der Waals surface area (Å²) in [6, 6.07) is 16.0. The lowest BCUT2D eigenvalue weighted by Crippen LogP contribution is -1.90. The summed E-state index contributed by atoms with van der Waals surface area (Å²) in [5.41, 5.74) is 2.70. The molecule has 0 aliphatic rings. The van der Waals surface area contributed by atoms with Crippen LogP contribution in [0.2, 0.25) is 0 Å². The second-order valence-electron chi connectivity index (χ2n) is 4.38. The minimum Gasteiger partial charge on any atom is -0.495 e. The third-order valence-electron chi connectivity index (χ3n) is 3.02. The Labute approximate surface area is 131 Å². The summed E-state index contributed by atoms with van der Waals surface area (Å²) in [4.78, 5) is 4.60. The van der Waals surface area contributed by atoms with E-state index in [1.807, 2.05) is 36.4 Å². The smallest absolute Gasteiger partial charge is 0.151 e. The van der Waals surface area contributed by atoms with E-state index in [9.17, 15) is 0 Å².